The van der Waals surface area contributed by atoms with E-state index < -0.39 is 0 Å². The van der Waals surface area contributed by atoms with Gasteiger partial charge in [0.05, 0.1) is 11.4 Å². The summed E-state index contributed by atoms with van der Waals surface area (Å²) < 4.78 is 0. The number of rotatable bonds is 5. The van der Waals surface area contributed by atoms with Crippen molar-refractivity contribution in [3.8, 4) is 55.9 Å². The van der Waals surface area contributed by atoms with Gasteiger partial charge in [-0.25, -0.2) is 4.98 Å². The second kappa shape index (κ2) is 9.85. The van der Waals surface area contributed by atoms with Gasteiger partial charge in [0.15, 0.2) is 0 Å². The molecule has 1 aromatic heterocycles. The number of aromatic nitrogens is 1. The lowest BCUT2D eigenvalue weighted by Gasteiger charge is -2.12. The molecular formula is C35H25N. The largest absolute Gasteiger partial charge is 0.248 e. The Kier molecular flexibility index (Phi) is 5.96. The van der Waals surface area contributed by atoms with Gasteiger partial charge in [0.25, 0.3) is 0 Å². The van der Waals surface area contributed by atoms with Crippen molar-refractivity contribution >= 4 is 0 Å². The Balaban J connectivity index is 1.45. The van der Waals surface area contributed by atoms with Crippen LogP contribution in [0.3, 0.4) is 0 Å². The third-order valence-electron chi connectivity index (χ3n) is 6.46. The number of nitrogens with zero attached hydrogens (tertiary/aromatic N) is 1. The first-order valence-electron chi connectivity index (χ1n) is 12.2. The summed E-state index contributed by atoms with van der Waals surface area (Å²) in [5.74, 6) is 0. The van der Waals surface area contributed by atoms with Gasteiger partial charge in [-0.3, -0.25) is 0 Å². The van der Waals surface area contributed by atoms with E-state index in [4.69, 9.17) is 4.98 Å². The van der Waals surface area contributed by atoms with E-state index in [0.717, 1.165) is 28.1 Å². The van der Waals surface area contributed by atoms with E-state index in [0.29, 0.717) is 0 Å². The van der Waals surface area contributed by atoms with Crippen LogP contribution in [-0.2, 0) is 0 Å². The van der Waals surface area contributed by atoms with Crippen LogP contribution in [0.1, 0.15) is 0 Å². The molecule has 0 fully saturated rings. The van der Waals surface area contributed by atoms with E-state index in [-0.39, 0.29) is 0 Å². The highest BCUT2D eigenvalue weighted by Gasteiger charge is 2.10. The van der Waals surface area contributed by atoms with E-state index in [2.05, 4.69) is 146 Å². The molecule has 5 aromatic carbocycles. The monoisotopic (exact) mass is 459 g/mol. The molecule has 1 heteroatoms. The fraction of sp³-hybridized carbons (Fsp3) is 0. The zero-order valence-corrected chi connectivity index (χ0v) is 19.9. The van der Waals surface area contributed by atoms with Gasteiger partial charge in [-0.2, -0.15) is 0 Å². The highest BCUT2D eigenvalue weighted by molar-refractivity contribution is 5.80. The molecule has 0 aliphatic rings. The van der Waals surface area contributed by atoms with E-state index in [9.17, 15) is 0 Å². The van der Waals surface area contributed by atoms with E-state index in [1.165, 1.54) is 27.8 Å². The van der Waals surface area contributed by atoms with Crippen molar-refractivity contribution in [3.63, 3.8) is 0 Å². The number of pyridine rings is 1. The molecule has 0 unspecified atom stereocenters. The molecule has 0 bridgehead atoms. The third kappa shape index (κ3) is 4.60. The van der Waals surface area contributed by atoms with Crippen molar-refractivity contribution in [2.75, 3.05) is 0 Å². The smallest absolute Gasteiger partial charge is 0.0715 e. The van der Waals surface area contributed by atoms with Crippen LogP contribution in [0, 0.1) is 0 Å². The minimum absolute atomic E-state index is 0.969. The molecular weight excluding hydrogens is 434 g/mol. The Labute approximate surface area is 212 Å². The molecule has 0 aliphatic carbocycles. The van der Waals surface area contributed by atoms with Gasteiger partial charge in [0.2, 0.25) is 0 Å². The van der Waals surface area contributed by atoms with Crippen LogP contribution in [-0.4, -0.2) is 4.98 Å². The fourth-order valence-electron chi connectivity index (χ4n) is 4.60. The van der Waals surface area contributed by atoms with Gasteiger partial charge in [-0.15, -0.1) is 0 Å². The van der Waals surface area contributed by atoms with Gasteiger partial charge in [0.1, 0.15) is 0 Å². The lowest BCUT2D eigenvalue weighted by atomic mass is 9.96. The van der Waals surface area contributed by atoms with Crippen LogP contribution in [0.25, 0.3) is 55.9 Å². The summed E-state index contributed by atoms with van der Waals surface area (Å²) in [6.45, 7) is 0. The predicted octanol–water partition coefficient (Wildman–Crippen LogP) is 9.42. The number of hydrogen-bond acceptors (Lipinski definition) is 1. The summed E-state index contributed by atoms with van der Waals surface area (Å²) in [7, 11) is 0. The highest BCUT2D eigenvalue weighted by atomic mass is 14.7. The van der Waals surface area contributed by atoms with Crippen molar-refractivity contribution < 1.29 is 0 Å². The predicted molar refractivity (Wildman–Crippen MR) is 151 cm³/mol. The molecule has 170 valence electrons. The zero-order valence-electron chi connectivity index (χ0n) is 19.9. The maximum absolute atomic E-state index is 5.10. The summed E-state index contributed by atoms with van der Waals surface area (Å²) in [5, 5.41) is 0. The van der Waals surface area contributed by atoms with Crippen molar-refractivity contribution in [2.24, 2.45) is 0 Å². The zero-order chi connectivity index (χ0) is 24.2. The molecule has 1 heterocycles. The first-order chi connectivity index (χ1) is 17.8. The molecule has 6 rings (SSSR count). The van der Waals surface area contributed by atoms with Gasteiger partial charge in [-0.1, -0.05) is 127 Å². The molecule has 0 radical (unpaired) electrons. The van der Waals surface area contributed by atoms with Gasteiger partial charge < -0.3 is 0 Å². The van der Waals surface area contributed by atoms with Crippen LogP contribution >= 0.6 is 0 Å². The quantitative estimate of drug-likeness (QED) is 0.250. The maximum atomic E-state index is 5.10. The first-order valence-corrected chi connectivity index (χ1v) is 12.2. The number of benzene rings is 5. The highest BCUT2D eigenvalue weighted by Crippen LogP contribution is 2.33. The Bertz CT molecular complexity index is 1550. The molecule has 0 spiro atoms. The minimum atomic E-state index is 0.969. The van der Waals surface area contributed by atoms with Gasteiger partial charge >= 0.3 is 0 Å². The van der Waals surface area contributed by atoms with Crippen molar-refractivity contribution in [1.29, 1.82) is 0 Å². The van der Waals surface area contributed by atoms with Gasteiger partial charge in [0, 0.05) is 11.1 Å². The topological polar surface area (TPSA) is 12.9 Å². The summed E-state index contributed by atoms with van der Waals surface area (Å²) in [4.78, 5) is 5.10. The molecule has 0 aliphatic heterocycles. The molecule has 6 aromatic rings. The fourth-order valence-corrected chi connectivity index (χ4v) is 4.60. The minimum Gasteiger partial charge on any atom is -0.248 e. The second-order valence-electron chi connectivity index (χ2n) is 8.89. The standard InChI is InChI=1S/C35H25N/c1-4-12-26(13-5-1)29-18-10-19-30(22-29)31-20-11-21-32(23-31)35-25-33(27-14-6-2-7-15-27)24-34(36-35)28-16-8-3-9-17-28/h1-25H. The van der Waals surface area contributed by atoms with E-state index >= 15 is 0 Å². The Morgan fingerprint density at radius 1 is 0.250 bits per heavy atom. The molecule has 0 atom stereocenters. The molecule has 36 heavy (non-hydrogen) atoms. The van der Waals surface area contributed by atoms with Crippen LogP contribution in [0.2, 0.25) is 0 Å². The first kappa shape index (κ1) is 21.8. The van der Waals surface area contributed by atoms with Crippen molar-refractivity contribution in [2.45, 2.75) is 0 Å². The van der Waals surface area contributed by atoms with Crippen molar-refractivity contribution in [3.05, 3.63) is 152 Å². The average molecular weight is 460 g/mol. The van der Waals surface area contributed by atoms with Crippen LogP contribution in [0.15, 0.2) is 152 Å². The van der Waals surface area contributed by atoms with Crippen LogP contribution in [0.5, 0.6) is 0 Å². The molecule has 1 nitrogen and oxygen atoms in total. The molecule has 0 saturated carbocycles. The maximum Gasteiger partial charge on any atom is 0.0715 e. The van der Waals surface area contributed by atoms with Crippen LogP contribution in [0.4, 0.5) is 0 Å². The Morgan fingerprint density at radius 3 is 1.17 bits per heavy atom. The summed E-state index contributed by atoms with van der Waals surface area (Å²) in [6, 6.07) is 53.2. The lowest BCUT2D eigenvalue weighted by molar-refractivity contribution is 1.32. The summed E-state index contributed by atoms with van der Waals surface area (Å²) >= 11 is 0. The Hall–Kier alpha value is -4.75. The molecule has 0 amide bonds. The van der Waals surface area contributed by atoms with Crippen LogP contribution < -0.4 is 0 Å². The lowest BCUT2D eigenvalue weighted by Crippen LogP contribution is -1.91. The van der Waals surface area contributed by atoms with E-state index in [1.807, 2.05) is 6.07 Å². The third-order valence-corrected chi connectivity index (χ3v) is 6.46. The normalized spacial score (nSPS) is 10.8. The van der Waals surface area contributed by atoms with Gasteiger partial charge in [-0.05, 0) is 57.6 Å². The summed E-state index contributed by atoms with van der Waals surface area (Å²) in [6.07, 6.45) is 0. The molecule has 0 saturated heterocycles. The molecule has 0 N–H and O–H groups in total. The SMILES string of the molecule is c1ccc(-c2cccc(-c3cccc(-c4cc(-c5ccccc5)cc(-c5ccccc5)n4)c3)c2)cc1. The second-order valence-corrected chi connectivity index (χ2v) is 8.89. The Morgan fingerprint density at radius 2 is 0.611 bits per heavy atom. The van der Waals surface area contributed by atoms with Crippen molar-refractivity contribution in [1.82, 2.24) is 4.98 Å². The number of hydrogen-bond donors (Lipinski definition) is 0. The van der Waals surface area contributed by atoms with E-state index in [1.54, 1.807) is 0 Å². The average Bonchev–Trinajstić information content (AvgIpc) is 2.98. The summed E-state index contributed by atoms with van der Waals surface area (Å²) in [5.41, 5.74) is 11.3.